The molecule has 2 aliphatic rings. The Kier molecular flexibility index (Phi) is 3.90. The Bertz CT molecular complexity index is 1130. The van der Waals surface area contributed by atoms with Crippen molar-refractivity contribution in [2.75, 3.05) is 18.0 Å². The van der Waals surface area contributed by atoms with E-state index >= 15 is 0 Å². The fourth-order valence-corrected chi connectivity index (χ4v) is 4.29. The summed E-state index contributed by atoms with van der Waals surface area (Å²) in [5, 5.41) is 9.52. The third-order valence-electron chi connectivity index (χ3n) is 5.43. The zero-order valence-corrected chi connectivity index (χ0v) is 15.1. The molecule has 0 radical (unpaired) electrons. The normalized spacial score (nSPS) is 20.9. The number of furan rings is 1. The minimum absolute atomic E-state index is 0.0587. The largest absolute Gasteiger partial charge is 0.465 e. The van der Waals surface area contributed by atoms with Gasteiger partial charge in [0.05, 0.1) is 6.26 Å². The summed E-state index contributed by atoms with van der Waals surface area (Å²) in [5.41, 5.74) is 1.40. The number of pyridine rings is 1. The van der Waals surface area contributed by atoms with Gasteiger partial charge in [-0.1, -0.05) is 6.07 Å². The third kappa shape index (κ3) is 2.83. The molecule has 1 saturated heterocycles. The fourth-order valence-electron chi connectivity index (χ4n) is 4.29. The molecule has 5 heterocycles. The summed E-state index contributed by atoms with van der Waals surface area (Å²) in [5.74, 6) is 2.14. The van der Waals surface area contributed by atoms with Crippen molar-refractivity contribution in [1.82, 2.24) is 9.55 Å². The van der Waals surface area contributed by atoms with Gasteiger partial charge in [0.1, 0.15) is 11.8 Å². The Balaban J connectivity index is 1.44. The van der Waals surface area contributed by atoms with E-state index in [4.69, 9.17) is 8.83 Å². The molecule has 7 heteroatoms. The van der Waals surface area contributed by atoms with Crippen LogP contribution in [-0.4, -0.2) is 22.6 Å². The van der Waals surface area contributed by atoms with Crippen molar-refractivity contribution in [2.24, 2.45) is 5.92 Å². The van der Waals surface area contributed by atoms with Crippen LogP contribution in [0.2, 0.25) is 0 Å². The zero-order chi connectivity index (χ0) is 19.1. The van der Waals surface area contributed by atoms with Crippen LogP contribution in [0.15, 0.2) is 50.2 Å². The van der Waals surface area contributed by atoms with E-state index in [9.17, 15) is 10.1 Å². The number of hydrogen-bond acceptors (Lipinski definition) is 6. The number of nitrogens with zero attached hydrogens (tertiary/aromatic N) is 4. The van der Waals surface area contributed by atoms with Gasteiger partial charge < -0.3 is 18.3 Å². The summed E-state index contributed by atoms with van der Waals surface area (Å²) >= 11 is 0. The van der Waals surface area contributed by atoms with Gasteiger partial charge in [-0.3, -0.25) is 4.79 Å². The quantitative estimate of drug-likeness (QED) is 0.700. The average molecular weight is 374 g/mol. The maximum Gasteiger partial charge on any atom is 0.250 e. The van der Waals surface area contributed by atoms with Crippen molar-refractivity contribution in [3.05, 3.63) is 70.0 Å². The smallest absolute Gasteiger partial charge is 0.250 e. The highest BCUT2D eigenvalue weighted by Crippen LogP contribution is 2.38. The van der Waals surface area contributed by atoms with Crippen molar-refractivity contribution in [3.8, 4) is 6.07 Å². The highest BCUT2D eigenvalue weighted by Gasteiger charge is 2.36. The minimum atomic E-state index is 0.0587. The van der Waals surface area contributed by atoms with Crippen LogP contribution < -0.4 is 10.5 Å². The minimum Gasteiger partial charge on any atom is -0.465 e. The molecule has 3 aromatic rings. The summed E-state index contributed by atoms with van der Waals surface area (Å²) in [6, 6.07) is 11.2. The van der Waals surface area contributed by atoms with E-state index in [2.05, 4.69) is 16.0 Å². The lowest BCUT2D eigenvalue weighted by molar-refractivity contribution is 0.275. The molecule has 0 saturated carbocycles. The predicted octanol–water partition coefficient (Wildman–Crippen LogP) is 3.10. The molecule has 1 fully saturated rings. The topological polar surface area (TPSA) is 88.2 Å². The Morgan fingerprint density at radius 2 is 2.11 bits per heavy atom. The van der Waals surface area contributed by atoms with E-state index in [1.54, 1.807) is 30.5 Å². The van der Waals surface area contributed by atoms with Crippen LogP contribution in [0.4, 0.5) is 5.88 Å². The zero-order valence-electron chi connectivity index (χ0n) is 15.1. The van der Waals surface area contributed by atoms with Crippen molar-refractivity contribution in [3.63, 3.8) is 0 Å². The monoisotopic (exact) mass is 374 g/mol. The average Bonchev–Trinajstić information content (AvgIpc) is 3.36. The molecule has 0 unspecified atom stereocenters. The summed E-state index contributed by atoms with van der Waals surface area (Å²) in [4.78, 5) is 18.6. The number of fused-ring (bicyclic) bond motifs is 4. The Morgan fingerprint density at radius 3 is 2.93 bits per heavy atom. The first-order valence-corrected chi connectivity index (χ1v) is 9.28. The van der Waals surface area contributed by atoms with Gasteiger partial charge in [0.2, 0.25) is 17.5 Å². The highest BCUT2D eigenvalue weighted by molar-refractivity contribution is 5.64. The highest BCUT2D eigenvalue weighted by atomic mass is 16.4. The summed E-state index contributed by atoms with van der Waals surface area (Å²) in [6.07, 6.45) is 6.09. The van der Waals surface area contributed by atoms with Crippen LogP contribution >= 0.6 is 0 Å². The molecule has 0 aliphatic carbocycles. The number of rotatable bonds is 3. The first-order valence-electron chi connectivity index (χ1n) is 9.28. The maximum absolute atomic E-state index is 12.2. The van der Waals surface area contributed by atoms with Gasteiger partial charge in [-0.2, -0.15) is 10.2 Å². The molecule has 0 amide bonds. The summed E-state index contributed by atoms with van der Waals surface area (Å²) in [6.45, 7) is 2.14. The SMILES string of the molecule is N#Cc1nc(C=Cc2ccco2)oc1N1C[C@@H]2C[C@@H](C1)c1cccc(=O)n1C2. The number of hydrogen-bond donors (Lipinski definition) is 0. The Labute approximate surface area is 161 Å². The van der Waals surface area contributed by atoms with Gasteiger partial charge in [-0.25, -0.2) is 0 Å². The molecule has 0 aromatic carbocycles. The Hall–Kier alpha value is -3.53. The molecule has 2 aliphatic heterocycles. The van der Waals surface area contributed by atoms with Gasteiger partial charge in [-0.05, 0) is 36.6 Å². The number of piperidine rings is 1. The summed E-state index contributed by atoms with van der Waals surface area (Å²) < 4.78 is 13.1. The van der Waals surface area contributed by atoms with Crippen molar-refractivity contribution in [1.29, 1.82) is 5.26 Å². The number of aromatic nitrogens is 2. The van der Waals surface area contributed by atoms with Crippen molar-refractivity contribution >= 4 is 18.0 Å². The van der Waals surface area contributed by atoms with Gasteiger partial charge in [0.25, 0.3) is 5.56 Å². The van der Waals surface area contributed by atoms with Crippen LogP contribution in [0.25, 0.3) is 12.2 Å². The van der Waals surface area contributed by atoms with Crippen LogP contribution in [0.3, 0.4) is 0 Å². The molecular weight excluding hydrogens is 356 g/mol. The molecule has 3 aromatic heterocycles. The molecule has 2 atom stereocenters. The van der Waals surface area contributed by atoms with Crippen molar-refractivity contribution in [2.45, 2.75) is 18.9 Å². The molecule has 7 nitrogen and oxygen atoms in total. The summed E-state index contributed by atoms with van der Waals surface area (Å²) in [7, 11) is 0. The second kappa shape index (κ2) is 6.57. The predicted molar refractivity (Wildman–Crippen MR) is 103 cm³/mol. The molecule has 28 heavy (non-hydrogen) atoms. The molecule has 0 N–H and O–H groups in total. The lowest BCUT2D eigenvalue weighted by atomic mass is 9.83. The molecule has 140 valence electrons. The maximum atomic E-state index is 12.2. The van der Waals surface area contributed by atoms with E-state index < -0.39 is 0 Å². The van der Waals surface area contributed by atoms with Crippen LogP contribution in [0.1, 0.15) is 35.4 Å². The first kappa shape index (κ1) is 16.6. The second-order valence-electron chi connectivity index (χ2n) is 7.27. The lowest BCUT2D eigenvalue weighted by Crippen LogP contribution is -2.47. The number of nitriles is 1. The van der Waals surface area contributed by atoms with Gasteiger partial charge in [0, 0.05) is 43.4 Å². The van der Waals surface area contributed by atoms with E-state index in [1.165, 1.54) is 0 Å². The number of oxazole rings is 1. The first-order chi connectivity index (χ1) is 13.7. The standard InChI is InChI=1S/C21H18N4O3/c22-10-17-21(28-19(23-17)7-6-16-3-2-8-27-16)24-11-14-9-15(13-24)18-4-1-5-20(26)25(18)12-14/h1-8,14-15H,9,11-13H2/t14-,15-/m0/s1. The van der Waals surface area contributed by atoms with Crippen LogP contribution in [-0.2, 0) is 6.54 Å². The van der Waals surface area contributed by atoms with E-state index in [-0.39, 0.29) is 17.2 Å². The molecule has 5 rings (SSSR count). The van der Waals surface area contributed by atoms with E-state index in [1.807, 2.05) is 22.8 Å². The number of anilines is 1. The second-order valence-corrected chi connectivity index (χ2v) is 7.27. The molecule has 0 spiro atoms. The van der Waals surface area contributed by atoms with Crippen molar-refractivity contribution < 1.29 is 8.83 Å². The van der Waals surface area contributed by atoms with Crippen LogP contribution in [0, 0.1) is 17.2 Å². The molecule has 2 bridgehead atoms. The molecular formula is C21H18N4O3. The van der Waals surface area contributed by atoms with Gasteiger partial charge in [-0.15, -0.1) is 0 Å². The lowest BCUT2D eigenvalue weighted by Gasteiger charge is -2.42. The van der Waals surface area contributed by atoms with Gasteiger partial charge in [0.15, 0.2) is 0 Å². The van der Waals surface area contributed by atoms with Gasteiger partial charge >= 0.3 is 0 Å². The van der Waals surface area contributed by atoms with E-state index in [0.717, 1.165) is 18.7 Å². The Morgan fingerprint density at radius 1 is 1.18 bits per heavy atom. The van der Waals surface area contributed by atoms with E-state index in [0.29, 0.717) is 36.5 Å². The third-order valence-corrected chi connectivity index (χ3v) is 5.43. The fraction of sp³-hybridized carbons (Fsp3) is 0.286. The van der Waals surface area contributed by atoms with Crippen LogP contribution in [0.5, 0.6) is 0 Å².